The van der Waals surface area contributed by atoms with Crippen LogP contribution in [0.15, 0.2) is 36.5 Å². The lowest BCUT2D eigenvalue weighted by Crippen LogP contribution is -2.21. The number of nitrogens with zero attached hydrogens (tertiary/aromatic N) is 3. The summed E-state index contributed by atoms with van der Waals surface area (Å²) >= 11 is 0. The molecule has 5 N–H and O–H groups in total. The van der Waals surface area contributed by atoms with Crippen LogP contribution in [-0.2, 0) is 4.79 Å². The molecule has 0 saturated carbocycles. The van der Waals surface area contributed by atoms with Crippen molar-refractivity contribution >= 4 is 28.7 Å². The molecule has 3 aromatic rings. The fourth-order valence-corrected chi connectivity index (χ4v) is 3.17. The summed E-state index contributed by atoms with van der Waals surface area (Å²) in [5.41, 5.74) is 9.64. The Morgan fingerprint density at radius 1 is 1.26 bits per heavy atom. The van der Waals surface area contributed by atoms with Crippen LogP contribution in [0.3, 0.4) is 0 Å². The van der Waals surface area contributed by atoms with Gasteiger partial charge in [0.1, 0.15) is 23.2 Å². The largest absolute Gasteiger partial charge is 0.494 e. The highest BCUT2D eigenvalue weighted by molar-refractivity contribution is 5.82. The summed E-state index contributed by atoms with van der Waals surface area (Å²) in [4.78, 5) is 8.90. The van der Waals surface area contributed by atoms with Crippen LogP contribution in [0.1, 0.15) is 30.9 Å². The van der Waals surface area contributed by atoms with Crippen molar-refractivity contribution in [3.8, 4) is 11.8 Å². The molecule has 12 heteroatoms. The molecule has 3 rings (SSSR count). The number of pyridine rings is 1. The van der Waals surface area contributed by atoms with Crippen molar-refractivity contribution in [2.75, 3.05) is 30.3 Å². The Morgan fingerprint density at radius 3 is 2.46 bits per heavy atom. The number of hydrogen-bond donors (Lipinski definition) is 4. The SMILES string of the molecule is CCOc1ccc(Nc2c(C)c(NCCCCN)c(C#N)c3ccnn23)cc1.O=C(O)C(F)(F)F. The highest BCUT2D eigenvalue weighted by atomic mass is 19.4. The number of nitriles is 1. The molecule has 0 saturated heterocycles. The third kappa shape index (κ3) is 7.25. The van der Waals surface area contributed by atoms with E-state index >= 15 is 0 Å². The number of nitrogens with two attached hydrogens (primary N) is 1. The molecule has 1 aromatic carbocycles. The number of benzene rings is 1. The van der Waals surface area contributed by atoms with Crippen molar-refractivity contribution in [3.05, 3.63) is 47.7 Å². The average Bonchev–Trinajstić information content (AvgIpc) is 3.29. The van der Waals surface area contributed by atoms with E-state index in [0.29, 0.717) is 18.7 Å². The number of halogens is 3. The fourth-order valence-electron chi connectivity index (χ4n) is 3.17. The molecule has 0 radical (unpaired) electrons. The molecule has 0 aliphatic carbocycles. The van der Waals surface area contributed by atoms with Crippen molar-refractivity contribution in [3.63, 3.8) is 0 Å². The van der Waals surface area contributed by atoms with Crippen LogP contribution in [0.2, 0.25) is 0 Å². The third-order valence-corrected chi connectivity index (χ3v) is 4.81. The van der Waals surface area contributed by atoms with Gasteiger partial charge in [0.2, 0.25) is 0 Å². The Kier molecular flexibility index (Phi) is 9.72. The molecule has 0 bridgehead atoms. The lowest BCUT2D eigenvalue weighted by molar-refractivity contribution is -0.192. The van der Waals surface area contributed by atoms with Crippen molar-refractivity contribution in [2.45, 2.75) is 32.9 Å². The molecule has 9 nitrogen and oxygen atoms in total. The normalized spacial score (nSPS) is 10.8. The number of aliphatic carboxylic acids is 1. The number of nitrogens with one attached hydrogen (secondary N) is 2. The molecule has 35 heavy (non-hydrogen) atoms. The van der Waals surface area contributed by atoms with E-state index in [9.17, 15) is 18.4 Å². The van der Waals surface area contributed by atoms with E-state index in [4.69, 9.17) is 20.4 Å². The Hall–Kier alpha value is -3.98. The van der Waals surface area contributed by atoms with Crippen molar-refractivity contribution in [2.24, 2.45) is 5.73 Å². The van der Waals surface area contributed by atoms with Gasteiger partial charge in [-0.05, 0) is 63.6 Å². The van der Waals surface area contributed by atoms with Crippen LogP contribution >= 0.6 is 0 Å². The Bertz CT molecular complexity index is 1170. The highest BCUT2D eigenvalue weighted by Crippen LogP contribution is 2.33. The second kappa shape index (κ2) is 12.5. The molecular weight excluding hydrogens is 465 g/mol. The fraction of sp³-hybridized carbons (Fsp3) is 0.348. The molecule has 188 valence electrons. The van der Waals surface area contributed by atoms with Crippen molar-refractivity contribution in [1.29, 1.82) is 5.26 Å². The summed E-state index contributed by atoms with van der Waals surface area (Å²) in [5, 5.41) is 28.1. The predicted octanol–water partition coefficient (Wildman–Crippen LogP) is 4.44. The lowest BCUT2D eigenvalue weighted by Gasteiger charge is -2.18. The summed E-state index contributed by atoms with van der Waals surface area (Å²) < 4.78 is 39.0. The molecule has 0 spiro atoms. The predicted molar refractivity (Wildman–Crippen MR) is 126 cm³/mol. The van der Waals surface area contributed by atoms with Gasteiger partial charge in [-0.3, -0.25) is 0 Å². The van der Waals surface area contributed by atoms with Crippen LogP contribution in [-0.4, -0.2) is 46.6 Å². The number of carboxylic acids is 1. The lowest BCUT2D eigenvalue weighted by atomic mass is 10.1. The summed E-state index contributed by atoms with van der Waals surface area (Å²) in [5.74, 6) is -1.10. The smallest absolute Gasteiger partial charge is 0.490 e. The van der Waals surface area contributed by atoms with Crippen LogP contribution in [0.25, 0.3) is 5.52 Å². The minimum absolute atomic E-state index is 0.597. The number of carbonyl (C=O) groups is 1. The Labute approximate surface area is 200 Å². The number of hydrogen-bond acceptors (Lipinski definition) is 7. The van der Waals surface area contributed by atoms with Crippen molar-refractivity contribution < 1.29 is 27.8 Å². The molecule has 0 aliphatic rings. The molecule has 2 aromatic heterocycles. The zero-order valence-electron chi connectivity index (χ0n) is 19.3. The van der Waals surface area contributed by atoms with Gasteiger partial charge in [-0.2, -0.15) is 23.5 Å². The topological polar surface area (TPSA) is 138 Å². The molecule has 0 fully saturated rings. The number of ether oxygens (including phenoxy) is 1. The average molecular weight is 493 g/mol. The second-order valence-corrected chi connectivity index (χ2v) is 7.27. The first kappa shape index (κ1) is 27.3. The molecule has 0 unspecified atom stereocenters. The second-order valence-electron chi connectivity index (χ2n) is 7.27. The van der Waals surface area contributed by atoms with Gasteiger partial charge in [0, 0.05) is 17.8 Å². The number of aromatic nitrogens is 2. The van der Waals surface area contributed by atoms with E-state index in [2.05, 4.69) is 21.8 Å². The van der Waals surface area contributed by atoms with Gasteiger partial charge in [-0.15, -0.1) is 0 Å². The first-order valence-corrected chi connectivity index (χ1v) is 10.8. The van der Waals surface area contributed by atoms with E-state index in [1.165, 1.54) is 0 Å². The number of fused-ring (bicyclic) bond motifs is 1. The third-order valence-electron chi connectivity index (χ3n) is 4.81. The Morgan fingerprint density at radius 2 is 1.91 bits per heavy atom. The summed E-state index contributed by atoms with van der Waals surface area (Å²) in [6, 6.07) is 12.0. The summed E-state index contributed by atoms with van der Waals surface area (Å²) in [7, 11) is 0. The molecule has 2 heterocycles. The number of rotatable bonds is 9. The zero-order valence-corrected chi connectivity index (χ0v) is 19.3. The minimum atomic E-state index is -5.08. The maximum Gasteiger partial charge on any atom is 0.490 e. The first-order valence-electron chi connectivity index (χ1n) is 10.8. The molecule has 0 amide bonds. The quantitative estimate of drug-likeness (QED) is 0.322. The van der Waals surface area contributed by atoms with Gasteiger partial charge in [0.25, 0.3) is 0 Å². The number of anilines is 3. The van der Waals surface area contributed by atoms with E-state index in [1.54, 1.807) is 10.7 Å². The van der Waals surface area contributed by atoms with Gasteiger partial charge in [0.15, 0.2) is 0 Å². The van der Waals surface area contributed by atoms with Gasteiger partial charge in [-0.1, -0.05) is 0 Å². The van der Waals surface area contributed by atoms with Gasteiger partial charge in [0.05, 0.1) is 24.0 Å². The summed E-state index contributed by atoms with van der Waals surface area (Å²) in [6.45, 7) is 6.01. The van der Waals surface area contributed by atoms with E-state index in [0.717, 1.165) is 53.4 Å². The summed E-state index contributed by atoms with van der Waals surface area (Å²) in [6.07, 6.45) is -1.48. The van der Waals surface area contributed by atoms with E-state index in [-0.39, 0.29) is 0 Å². The zero-order chi connectivity index (χ0) is 26.0. The monoisotopic (exact) mass is 492 g/mol. The highest BCUT2D eigenvalue weighted by Gasteiger charge is 2.38. The Balaban J connectivity index is 0.000000540. The van der Waals surface area contributed by atoms with Crippen LogP contribution in [0.5, 0.6) is 5.75 Å². The van der Waals surface area contributed by atoms with Gasteiger partial charge >= 0.3 is 12.1 Å². The maximum absolute atomic E-state index is 10.6. The number of carboxylic acid groups (broad SMARTS) is 1. The molecule has 0 atom stereocenters. The van der Waals surface area contributed by atoms with Gasteiger partial charge < -0.3 is 26.2 Å². The van der Waals surface area contributed by atoms with Crippen LogP contribution < -0.4 is 21.1 Å². The van der Waals surface area contributed by atoms with Crippen LogP contribution in [0, 0.1) is 18.3 Å². The minimum Gasteiger partial charge on any atom is -0.494 e. The standard InChI is InChI=1S/C21H26N6O.C2HF3O2/c1-3-28-17-8-6-16(7-9-17)26-21-15(2)20(24-12-5-4-11-22)18(14-23)19-10-13-25-27(19)21;3-2(4,5)1(6)7/h6-10,13,24,26H,3-5,11-12,22H2,1-2H3;(H,6,7). The number of unbranched alkanes of at least 4 members (excludes halogenated alkanes) is 1. The van der Waals surface area contributed by atoms with Crippen molar-refractivity contribution in [1.82, 2.24) is 9.61 Å². The number of alkyl halides is 3. The van der Waals surface area contributed by atoms with E-state index in [1.807, 2.05) is 44.2 Å². The van der Waals surface area contributed by atoms with Gasteiger partial charge in [-0.25, -0.2) is 9.31 Å². The van der Waals surface area contributed by atoms with E-state index < -0.39 is 12.1 Å². The molecular formula is C23H27F3N6O3. The van der Waals surface area contributed by atoms with Crippen LogP contribution in [0.4, 0.5) is 30.4 Å². The molecule has 0 aliphatic heterocycles. The first-order chi connectivity index (χ1) is 16.6. The maximum atomic E-state index is 10.6.